The quantitative estimate of drug-likeness (QED) is 0.840. The van der Waals surface area contributed by atoms with E-state index in [4.69, 9.17) is 5.11 Å². The molecule has 1 heterocycles. The Kier molecular flexibility index (Phi) is 3.45. The summed E-state index contributed by atoms with van der Waals surface area (Å²) in [6, 6.07) is 1.15. The van der Waals surface area contributed by atoms with Crippen LogP contribution in [0.15, 0.2) is 17.2 Å². The van der Waals surface area contributed by atoms with Gasteiger partial charge in [0.15, 0.2) is 0 Å². The summed E-state index contributed by atoms with van der Waals surface area (Å²) in [5.74, 6) is -0.735. The second kappa shape index (κ2) is 4.74. The van der Waals surface area contributed by atoms with Gasteiger partial charge in [0.1, 0.15) is 10.6 Å². The van der Waals surface area contributed by atoms with Crippen molar-refractivity contribution in [2.75, 3.05) is 13.6 Å². The molecule has 1 aliphatic carbocycles. The molecule has 7 heteroatoms. The summed E-state index contributed by atoms with van der Waals surface area (Å²) in [7, 11) is -2.06. The maximum Gasteiger partial charge on any atom is 0.352 e. The van der Waals surface area contributed by atoms with E-state index in [2.05, 4.69) is 4.98 Å². The van der Waals surface area contributed by atoms with Gasteiger partial charge in [0.05, 0.1) is 0 Å². The van der Waals surface area contributed by atoms with E-state index in [1.54, 1.807) is 0 Å². The molecule has 0 radical (unpaired) electrons. The number of nitrogens with one attached hydrogen (secondary N) is 1. The Balaban J connectivity index is 2.15. The monoisotopic (exact) mass is 272 g/mol. The lowest BCUT2D eigenvalue weighted by atomic mass is 9.86. The Morgan fingerprint density at radius 1 is 1.56 bits per heavy atom. The van der Waals surface area contributed by atoms with Crippen LogP contribution in [0.4, 0.5) is 0 Å². The predicted molar refractivity (Wildman–Crippen MR) is 64.9 cm³/mol. The van der Waals surface area contributed by atoms with Crippen LogP contribution >= 0.6 is 0 Å². The van der Waals surface area contributed by atoms with Gasteiger partial charge in [-0.05, 0) is 24.8 Å². The van der Waals surface area contributed by atoms with Gasteiger partial charge in [-0.1, -0.05) is 6.42 Å². The average molecular weight is 272 g/mol. The number of hydrogen-bond donors (Lipinski definition) is 2. The molecule has 0 unspecified atom stereocenters. The summed E-state index contributed by atoms with van der Waals surface area (Å²) < 4.78 is 25.6. The number of carboxylic acid groups (broad SMARTS) is 1. The minimum atomic E-state index is -3.58. The Bertz CT molecular complexity index is 545. The number of aromatic nitrogens is 1. The highest BCUT2D eigenvalue weighted by molar-refractivity contribution is 7.89. The summed E-state index contributed by atoms with van der Waals surface area (Å²) in [4.78, 5) is 13.1. The minimum Gasteiger partial charge on any atom is -0.477 e. The van der Waals surface area contributed by atoms with Crippen molar-refractivity contribution in [2.45, 2.75) is 24.2 Å². The summed E-state index contributed by atoms with van der Waals surface area (Å²) in [5.41, 5.74) is -0.120. The predicted octanol–water partition coefficient (Wildman–Crippen LogP) is 1.13. The number of rotatable bonds is 5. The van der Waals surface area contributed by atoms with E-state index in [1.165, 1.54) is 17.5 Å². The molecule has 0 bridgehead atoms. The molecule has 100 valence electrons. The first kappa shape index (κ1) is 13.1. The van der Waals surface area contributed by atoms with Crippen molar-refractivity contribution in [3.8, 4) is 0 Å². The molecular weight excluding hydrogens is 256 g/mol. The largest absolute Gasteiger partial charge is 0.477 e. The third kappa shape index (κ3) is 2.41. The van der Waals surface area contributed by atoms with Gasteiger partial charge < -0.3 is 10.1 Å². The van der Waals surface area contributed by atoms with Gasteiger partial charge in [0.25, 0.3) is 0 Å². The molecule has 0 aliphatic heterocycles. The molecule has 0 saturated heterocycles. The van der Waals surface area contributed by atoms with E-state index in [0.717, 1.165) is 25.3 Å². The Hall–Kier alpha value is -1.34. The van der Waals surface area contributed by atoms with Crippen molar-refractivity contribution in [3.05, 3.63) is 18.0 Å². The molecule has 1 aliphatic rings. The highest BCUT2D eigenvalue weighted by Gasteiger charge is 2.27. The van der Waals surface area contributed by atoms with E-state index in [1.807, 2.05) is 0 Å². The fourth-order valence-electron chi connectivity index (χ4n) is 1.96. The van der Waals surface area contributed by atoms with Gasteiger partial charge in [-0.2, -0.15) is 0 Å². The number of carbonyl (C=O) groups is 1. The second-order valence-electron chi connectivity index (χ2n) is 4.64. The van der Waals surface area contributed by atoms with E-state index < -0.39 is 16.0 Å². The zero-order valence-corrected chi connectivity index (χ0v) is 10.9. The number of nitrogens with zero attached hydrogens (tertiary/aromatic N) is 1. The number of aromatic carboxylic acids is 1. The van der Waals surface area contributed by atoms with Crippen LogP contribution in [-0.4, -0.2) is 42.4 Å². The molecule has 0 amide bonds. The normalized spacial score (nSPS) is 16.8. The number of hydrogen-bond acceptors (Lipinski definition) is 3. The molecule has 1 saturated carbocycles. The minimum absolute atomic E-state index is 0.00160. The Labute approximate surface area is 106 Å². The summed E-state index contributed by atoms with van der Waals surface area (Å²) in [5, 5.41) is 8.76. The van der Waals surface area contributed by atoms with Crippen molar-refractivity contribution < 1.29 is 18.3 Å². The first-order chi connectivity index (χ1) is 8.41. The molecule has 6 nitrogen and oxygen atoms in total. The molecule has 2 rings (SSSR count). The highest BCUT2D eigenvalue weighted by Crippen LogP contribution is 2.28. The molecule has 1 fully saturated rings. The lowest BCUT2D eigenvalue weighted by Gasteiger charge is -2.29. The number of carboxylic acids is 1. The van der Waals surface area contributed by atoms with Gasteiger partial charge in [0.2, 0.25) is 10.0 Å². The second-order valence-corrected chi connectivity index (χ2v) is 6.68. The van der Waals surface area contributed by atoms with Crippen LogP contribution in [0.2, 0.25) is 0 Å². The fourth-order valence-corrected chi connectivity index (χ4v) is 3.21. The standard InChI is InChI=1S/C11H16N2O4S/c1-13(7-8-3-2-4-8)18(16,17)9-5-10(11(14)15)12-6-9/h5-6,8,12H,2-4,7H2,1H3,(H,14,15). The maximum atomic E-state index is 12.2. The van der Waals surface area contributed by atoms with E-state index in [-0.39, 0.29) is 10.6 Å². The van der Waals surface area contributed by atoms with Crippen molar-refractivity contribution in [3.63, 3.8) is 0 Å². The highest BCUT2D eigenvalue weighted by atomic mass is 32.2. The van der Waals surface area contributed by atoms with Gasteiger partial charge in [0, 0.05) is 19.8 Å². The average Bonchev–Trinajstić information content (AvgIpc) is 2.72. The molecule has 0 atom stereocenters. The van der Waals surface area contributed by atoms with Gasteiger partial charge >= 0.3 is 5.97 Å². The third-order valence-corrected chi connectivity index (χ3v) is 5.14. The van der Waals surface area contributed by atoms with Crippen molar-refractivity contribution in [2.24, 2.45) is 5.92 Å². The molecular formula is C11H16N2O4S. The van der Waals surface area contributed by atoms with E-state index in [0.29, 0.717) is 12.5 Å². The fraction of sp³-hybridized carbons (Fsp3) is 0.545. The third-order valence-electron chi connectivity index (χ3n) is 3.34. The lowest BCUT2D eigenvalue weighted by molar-refractivity contribution is 0.0691. The van der Waals surface area contributed by atoms with Crippen LogP contribution in [0.5, 0.6) is 0 Å². The first-order valence-electron chi connectivity index (χ1n) is 5.79. The summed E-state index contributed by atoms with van der Waals surface area (Å²) in [6.07, 6.45) is 4.50. The smallest absolute Gasteiger partial charge is 0.352 e. The Morgan fingerprint density at radius 2 is 2.22 bits per heavy atom. The van der Waals surface area contributed by atoms with Gasteiger partial charge in [-0.3, -0.25) is 0 Å². The summed E-state index contributed by atoms with van der Waals surface area (Å²) in [6.45, 7) is 0.496. The summed E-state index contributed by atoms with van der Waals surface area (Å²) >= 11 is 0. The van der Waals surface area contributed by atoms with Crippen LogP contribution in [0.1, 0.15) is 29.8 Å². The van der Waals surface area contributed by atoms with Gasteiger partial charge in [-0.25, -0.2) is 17.5 Å². The first-order valence-corrected chi connectivity index (χ1v) is 7.23. The van der Waals surface area contributed by atoms with E-state index >= 15 is 0 Å². The van der Waals surface area contributed by atoms with Crippen LogP contribution in [-0.2, 0) is 10.0 Å². The van der Waals surface area contributed by atoms with Crippen molar-refractivity contribution in [1.29, 1.82) is 0 Å². The Morgan fingerprint density at radius 3 is 2.67 bits per heavy atom. The maximum absolute atomic E-state index is 12.2. The van der Waals surface area contributed by atoms with Crippen molar-refractivity contribution in [1.82, 2.24) is 9.29 Å². The molecule has 18 heavy (non-hydrogen) atoms. The lowest BCUT2D eigenvalue weighted by Crippen LogP contribution is -2.34. The molecule has 1 aromatic rings. The molecule has 2 N–H and O–H groups in total. The number of sulfonamides is 1. The zero-order chi connectivity index (χ0) is 13.3. The number of H-pyrrole nitrogens is 1. The van der Waals surface area contributed by atoms with Crippen LogP contribution in [0, 0.1) is 5.92 Å². The van der Waals surface area contributed by atoms with Crippen LogP contribution < -0.4 is 0 Å². The number of aromatic amines is 1. The van der Waals surface area contributed by atoms with Crippen LogP contribution in [0.25, 0.3) is 0 Å². The topological polar surface area (TPSA) is 90.5 Å². The SMILES string of the molecule is CN(CC1CCC1)S(=O)(=O)c1c[nH]c(C(=O)O)c1. The van der Waals surface area contributed by atoms with E-state index in [9.17, 15) is 13.2 Å². The molecule has 1 aromatic heterocycles. The zero-order valence-electron chi connectivity index (χ0n) is 10.1. The molecule has 0 aromatic carbocycles. The van der Waals surface area contributed by atoms with Crippen LogP contribution in [0.3, 0.4) is 0 Å². The molecule has 0 spiro atoms. The van der Waals surface area contributed by atoms with Crippen molar-refractivity contribution >= 4 is 16.0 Å². The van der Waals surface area contributed by atoms with Gasteiger partial charge in [-0.15, -0.1) is 0 Å².